The second kappa shape index (κ2) is 8.84. The summed E-state index contributed by atoms with van der Waals surface area (Å²) >= 11 is 0. The molecule has 1 radical (unpaired) electrons. The minimum absolute atomic E-state index is 0. The zero-order chi connectivity index (χ0) is 17.0. The average molecular weight is 491 g/mol. The fourth-order valence-corrected chi connectivity index (χ4v) is 4.54. The molecule has 26 heavy (non-hydrogen) atoms. The molecule has 3 rings (SSSR count). The molecule has 0 fully saturated rings. The van der Waals surface area contributed by atoms with Crippen LogP contribution < -0.4 is 30.1 Å². The number of benzene rings is 1. The summed E-state index contributed by atoms with van der Waals surface area (Å²) < 4.78 is 18.6. The number of allylic oxidation sites excluding steroid dienone is 3. The Hall–Kier alpha value is -0.237. The van der Waals surface area contributed by atoms with Crippen LogP contribution in [0.15, 0.2) is 58.9 Å². The van der Waals surface area contributed by atoms with Gasteiger partial charge < -0.3 is 34.2 Å². The fourth-order valence-electron chi connectivity index (χ4n) is 3.22. The van der Waals surface area contributed by atoms with E-state index in [1.54, 1.807) is 12.1 Å². The molecule has 3 nitrogen and oxygen atoms in total. The Balaban J connectivity index is 0.00000208. The minimum atomic E-state index is -3.92. The van der Waals surface area contributed by atoms with Gasteiger partial charge in [0.1, 0.15) is 5.76 Å². The molecule has 1 aliphatic rings. The molecule has 0 aromatic heterocycles. The molecular weight excluding hydrogens is 469 g/mol. The van der Waals surface area contributed by atoms with Gasteiger partial charge in [-0.1, -0.05) is 11.6 Å². The van der Waals surface area contributed by atoms with Gasteiger partial charge in [-0.2, -0.15) is 6.07 Å². The number of hydrogen-bond acceptors (Lipinski definition) is 2. The molecule has 0 saturated heterocycles. The van der Waals surface area contributed by atoms with Gasteiger partial charge in [-0.15, -0.1) is 35.0 Å². The van der Waals surface area contributed by atoms with Crippen molar-refractivity contribution in [2.24, 2.45) is 5.41 Å². The molecule has 0 heterocycles. The zero-order valence-electron chi connectivity index (χ0n) is 15.4. The first-order valence-corrected chi connectivity index (χ1v) is 9.30. The molecule has 1 unspecified atom stereocenters. The van der Waals surface area contributed by atoms with E-state index in [2.05, 4.69) is 0 Å². The maximum atomic E-state index is 12.9. The number of rotatable bonds is 3. The summed E-state index contributed by atoms with van der Waals surface area (Å²) in [6.45, 7) is 10.1. The van der Waals surface area contributed by atoms with Gasteiger partial charge in [0.25, 0.3) is 0 Å². The molecule has 0 spiro atoms. The number of hydrogen-bond donors (Lipinski definition) is 1. The van der Waals surface area contributed by atoms with Gasteiger partial charge in [0.2, 0.25) is 0 Å². The van der Waals surface area contributed by atoms with Crippen LogP contribution in [0.5, 0.6) is 0 Å². The molecule has 1 N–H and O–H groups in total. The van der Waals surface area contributed by atoms with Crippen molar-refractivity contribution in [1.82, 2.24) is 0 Å². The van der Waals surface area contributed by atoms with E-state index >= 15 is 0 Å². The Morgan fingerprint density at radius 2 is 1.65 bits per heavy atom. The topological polar surface area (TPSA) is 46.5 Å². The van der Waals surface area contributed by atoms with Gasteiger partial charge >= 0.3 is 33.8 Å². The predicted octanol–water partition coefficient (Wildman–Crippen LogP) is -0.958. The summed E-state index contributed by atoms with van der Waals surface area (Å²) in [5.41, 5.74) is 2.91. The van der Waals surface area contributed by atoms with Crippen LogP contribution >= 0.6 is 7.60 Å². The third-order valence-electron chi connectivity index (χ3n) is 5.11. The quantitative estimate of drug-likeness (QED) is 0.445. The van der Waals surface area contributed by atoms with E-state index in [0.29, 0.717) is 11.1 Å². The molecule has 0 amide bonds. The predicted molar refractivity (Wildman–Crippen MR) is 94.9 cm³/mol. The smallest absolute Gasteiger partial charge is 1.00 e. The zero-order valence-corrected chi connectivity index (χ0v) is 20.3. The van der Waals surface area contributed by atoms with Crippen molar-refractivity contribution >= 4 is 23.7 Å². The van der Waals surface area contributed by atoms with Crippen molar-refractivity contribution in [3.05, 3.63) is 58.9 Å². The SMILES string of the molecule is CC1=C(C)C(C)(C)C(OP(=O)(O)c2cc3ccccc3[cH-]2)=C1C.[Cl-].[Cl-].[Zr+3]. The van der Waals surface area contributed by atoms with Gasteiger partial charge in [0.15, 0.2) is 0 Å². The summed E-state index contributed by atoms with van der Waals surface area (Å²) in [7, 11) is -3.92. The van der Waals surface area contributed by atoms with Crippen LogP contribution in [0.1, 0.15) is 34.6 Å². The first-order valence-electron chi connectivity index (χ1n) is 7.72. The van der Waals surface area contributed by atoms with Gasteiger partial charge in [0, 0.05) is 5.41 Å². The summed E-state index contributed by atoms with van der Waals surface area (Å²) in [5.74, 6) is 0.601. The van der Waals surface area contributed by atoms with Crippen molar-refractivity contribution in [1.29, 1.82) is 0 Å². The van der Waals surface area contributed by atoms with Crippen molar-refractivity contribution in [2.45, 2.75) is 34.6 Å². The molecule has 139 valence electrons. The van der Waals surface area contributed by atoms with Gasteiger partial charge in [-0.05, 0) is 51.1 Å². The van der Waals surface area contributed by atoms with E-state index in [4.69, 9.17) is 4.52 Å². The number of fused-ring (bicyclic) bond motifs is 1. The third-order valence-corrected chi connectivity index (χ3v) is 6.46. The summed E-state index contributed by atoms with van der Waals surface area (Å²) in [4.78, 5) is 10.6. The van der Waals surface area contributed by atoms with Crippen LogP contribution in [0, 0.1) is 5.41 Å². The van der Waals surface area contributed by atoms with Crippen LogP contribution in [-0.4, -0.2) is 4.89 Å². The van der Waals surface area contributed by atoms with Crippen LogP contribution in [-0.2, 0) is 35.3 Å². The number of halogens is 2. The van der Waals surface area contributed by atoms with Crippen molar-refractivity contribution in [3.63, 3.8) is 0 Å². The van der Waals surface area contributed by atoms with E-state index in [1.807, 2.05) is 58.9 Å². The van der Waals surface area contributed by atoms with Gasteiger partial charge in [-0.25, -0.2) is 4.57 Å². The summed E-state index contributed by atoms with van der Waals surface area (Å²) in [6.07, 6.45) is 0. The first kappa shape index (κ1) is 25.8. The van der Waals surface area contributed by atoms with E-state index in [-0.39, 0.29) is 56.4 Å². The summed E-state index contributed by atoms with van der Waals surface area (Å²) in [5, 5.41) is 2.24. The van der Waals surface area contributed by atoms with Crippen molar-refractivity contribution < 1.29 is 65.0 Å². The summed E-state index contributed by atoms with van der Waals surface area (Å²) in [6, 6.07) is 11.2. The Kier molecular flexibility index (Phi) is 8.76. The van der Waals surface area contributed by atoms with E-state index < -0.39 is 7.60 Å². The van der Waals surface area contributed by atoms with E-state index in [0.717, 1.165) is 21.9 Å². The minimum Gasteiger partial charge on any atom is -1.00 e. The molecule has 2 aromatic rings. The van der Waals surface area contributed by atoms with Crippen LogP contribution in [0.3, 0.4) is 0 Å². The Morgan fingerprint density at radius 1 is 1.08 bits per heavy atom. The normalized spacial score (nSPS) is 17.9. The second-order valence-electron chi connectivity index (χ2n) is 6.78. The molecule has 0 aliphatic heterocycles. The maximum absolute atomic E-state index is 12.9. The average Bonchev–Trinajstić information content (AvgIpc) is 2.99. The van der Waals surface area contributed by atoms with Crippen LogP contribution in [0.2, 0.25) is 0 Å². The molecule has 2 aromatic carbocycles. The third kappa shape index (κ3) is 4.26. The first-order chi connectivity index (χ1) is 10.6. The standard InChI is InChI=1S/C19H22O3P.2ClH.Zr/c1-12-13(2)18(19(4,5)14(12)3)22-23(20,21)17-10-15-8-6-7-9-16(15)11-17;;;/h6-11H,1-5H3,(H,20,21);2*1H;/q-1;;;+3/p-2. The second-order valence-corrected chi connectivity index (χ2v) is 8.52. The maximum Gasteiger partial charge on any atom is 3.00 e. The van der Waals surface area contributed by atoms with Gasteiger partial charge in [0.05, 0.1) is 0 Å². The molecule has 0 bridgehead atoms. The van der Waals surface area contributed by atoms with Crippen molar-refractivity contribution in [2.75, 3.05) is 0 Å². The fraction of sp³-hybridized carbons (Fsp3) is 0.316. The molecule has 1 atom stereocenters. The Bertz CT molecular complexity index is 879. The van der Waals surface area contributed by atoms with Crippen LogP contribution in [0.25, 0.3) is 10.8 Å². The molecular formula is C19H22Cl2O3PZr. The van der Waals surface area contributed by atoms with E-state index in [1.165, 1.54) is 5.57 Å². The molecule has 0 saturated carbocycles. The largest absolute Gasteiger partial charge is 3.00 e. The van der Waals surface area contributed by atoms with Gasteiger partial charge in [-0.3, -0.25) is 0 Å². The Morgan fingerprint density at radius 3 is 2.15 bits per heavy atom. The Labute approximate surface area is 186 Å². The molecule has 7 heteroatoms. The monoisotopic (exact) mass is 489 g/mol. The van der Waals surface area contributed by atoms with E-state index in [9.17, 15) is 9.46 Å². The van der Waals surface area contributed by atoms with Crippen molar-refractivity contribution in [3.8, 4) is 0 Å². The molecule has 1 aliphatic carbocycles. The van der Waals surface area contributed by atoms with Crippen LogP contribution in [0.4, 0.5) is 0 Å².